The summed E-state index contributed by atoms with van der Waals surface area (Å²) in [6.45, 7) is 2.63. The third-order valence-corrected chi connectivity index (χ3v) is 21.9. The van der Waals surface area contributed by atoms with Gasteiger partial charge in [0.25, 0.3) is 0 Å². The molecule has 0 bridgehead atoms. The topological polar surface area (TPSA) is 231 Å². The van der Waals surface area contributed by atoms with Gasteiger partial charge in [-0.05, 0) is 154 Å². The fourth-order valence-corrected chi connectivity index (χ4v) is 14.4. The first kappa shape index (κ1) is 112. The maximum atomic E-state index is 13.1. The number of aliphatic hydroxyl groups excluding tert-OH is 2. The van der Waals surface area contributed by atoms with Crippen LogP contribution in [0.25, 0.3) is 0 Å². The molecule has 0 aliphatic carbocycles. The molecule has 117 heavy (non-hydrogen) atoms. The zero-order valence-corrected chi connectivity index (χ0v) is 76.1. The molecule has 5 unspecified atom stereocenters. The fourth-order valence-electron chi connectivity index (χ4n) is 12.8. The van der Waals surface area contributed by atoms with Crippen molar-refractivity contribution < 1.29 is 75.8 Å². The molecule has 0 heterocycles. The molecule has 0 aliphatic rings. The van der Waals surface area contributed by atoms with E-state index in [2.05, 4.69) is 167 Å². The second kappa shape index (κ2) is 90.7. The summed E-state index contributed by atoms with van der Waals surface area (Å²) in [4.78, 5) is 59.0. The molecule has 5 atom stereocenters. The summed E-state index contributed by atoms with van der Waals surface area (Å²) >= 11 is 0. The first-order chi connectivity index (χ1) is 57.2. The Kier molecular flexibility index (Phi) is 87.1. The van der Waals surface area contributed by atoms with Gasteiger partial charge in [0.05, 0.1) is 26.4 Å². The van der Waals surface area contributed by atoms with Gasteiger partial charge in [-0.25, -0.2) is 9.13 Å². The number of carbonyl (C=O) groups is 3. The Morgan fingerprint density at radius 3 is 0.675 bits per heavy atom. The number of unbranched alkanes of at least 4 members (excludes halogenated alkanes) is 42. The molecule has 0 aromatic carbocycles. The van der Waals surface area contributed by atoms with Gasteiger partial charge >= 0.3 is 33.6 Å². The lowest BCUT2D eigenvalue weighted by atomic mass is 10.0. The highest BCUT2D eigenvalue weighted by molar-refractivity contribution is 7.47. The molecule has 0 rings (SSSR count). The Labute approximate surface area is 715 Å². The van der Waals surface area contributed by atoms with Gasteiger partial charge in [0.2, 0.25) is 0 Å². The number of esters is 3. The summed E-state index contributed by atoms with van der Waals surface area (Å²) in [6, 6.07) is 0. The molecule has 0 aliphatic heterocycles. The number of ether oxygens (including phenoxy) is 3. The molecule has 0 radical (unpaired) electrons. The summed E-state index contributed by atoms with van der Waals surface area (Å²) in [5.74, 6) is -1.59. The van der Waals surface area contributed by atoms with Crippen LogP contribution in [0.2, 0.25) is 0 Å². The monoisotopic (exact) mass is 1680 g/mol. The maximum Gasteiger partial charge on any atom is 0.472 e. The Balaban J connectivity index is 4.57. The number of carbonyl (C=O) groups excluding carboxylic acids is 3. The van der Waals surface area contributed by atoms with Crippen molar-refractivity contribution in [1.82, 2.24) is 0 Å². The maximum absolute atomic E-state index is 13.1. The minimum Gasteiger partial charge on any atom is -0.463 e. The molecule has 0 aromatic heterocycles. The predicted molar refractivity (Wildman–Crippen MR) is 491 cm³/mol. The Hall–Kier alpha value is -4.57. The average Bonchev–Trinajstić information content (AvgIpc) is 0.902. The molecule has 0 aromatic rings. The molecule has 674 valence electrons. The van der Waals surface area contributed by atoms with Gasteiger partial charge in [-0.2, -0.15) is 0 Å². The van der Waals surface area contributed by atoms with Crippen LogP contribution in [0.3, 0.4) is 0 Å². The van der Waals surface area contributed by atoms with Crippen LogP contribution in [0.5, 0.6) is 0 Å². The van der Waals surface area contributed by atoms with Crippen molar-refractivity contribution in [2.45, 2.75) is 424 Å². The van der Waals surface area contributed by atoms with E-state index in [1.165, 1.54) is 199 Å². The van der Waals surface area contributed by atoms with Gasteiger partial charge in [-0.15, -0.1) is 0 Å². The Bertz CT molecular complexity index is 2710. The minimum absolute atomic E-state index is 0.0803. The highest BCUT2D eigenvalue weighted by atomic mass is 31.2. The number of aliphatic hydroxyl groups is 2. The van der Waals surface area contributed by atoms with Crippen molar-refractivity contribution in [3.8, 4) is 0 Å². The van der Waals surface area contributed by atoms with E-state index in [1.807, 2.05) is 0 Å². The molecule has 0 amide bonds. The number of phosphoric ester groups is 2. The van der Waals surface area contributed by atoms with Gasteiger partial charge < -0.3 is 34.2 Å². The van der Waals surface area contributed by atoms with Crippen molar-refractivity contribution >= 4 is 33.6 Å². The van der Waals surface area contributed by atoms with E-state index in [4.69, 9.17) is 32.3 Å². The number of hydrogen-bond donors (Lipinski definition) is 4. The quantitative estimate of drug-likeness (QED) is 0.0146. The summed E-state index contributed by atoms with van der Waals surface area (Å²) in [7, 11) is -9.82. The van der Waals surface area contributed by atoms with Gasteiger partial charge in [0.1, 0.15) is 25.4 Å². The van der Waals surface area contributed by atoms with Crippen LogP contribution in [0.15, 0.2) is 146 Å². The van der Waals surface area contributed by atoms with Crippen LogP contribution in [0.1, 0.15) is 406 Å². The van der Waals surface area contributed by atoms with Gasteiger partial charge in [0, 0.05) is 19.3 Å². The molecule has 18 heteroatoms. The van der Waals surface area contributed by atoms with E-state index < -0.39 is 91.5 Å². The third-order valence-electron chi connectivity index (χ3n) is 20.0. The number of rotatable bonds is 89. The summed E-state index contributed by atoms with van der Waals surface area (Å²) in [5.41, 5.74) is 0. The zero-order chi connectivity index (χ0) is 85.1. The van der Waals surface area contributed by atoms with Gasteiger partial charge in [0.15, 0.2) is 6.10 Å². The Morgan fingerprint density at radius 1 is 0.239 bits per heavy atom. The van der Waals surface area contributed by atoms with Crippen LogP contribution in [0, 0.1) is 0 Å². The highest BCUT2D eigenvalue weighted by Crippen LogP contribution is 2.45. The normalized spacial score (nSPS) is 14.4. The molecule has 0 spiro atoms. The second-order valence-corrected chi connectivity index (χ2v) is 34.4. The number of phosphoric acid groups is 2. The fraction of sp³-hybridized carbons (Fsp3) is 0.727. The number of hydrogen-bond acceptors (Lipinski definition) is 14. The first-order valence-electron chi connectivity index (χ1n) is 47.1. The van der Waals surface area contributed by atoms with E-state index in [1.54, 1.807) is 0 Å². The van der Waals surface area contributed by atoms with Crippen molar-refractivity contribution in [2.75, 3.05) is 39.6 Å². The van der Waals surface area contributed by atoms with Crippen molar-refractivity contribution in [1.29, 1.82) is 0 Å². The first-order valence-corrected chi connectivity index (χ1v) is 50.1. The lowest BCUT2D eigenvalue weighted by Gasteiger charge is -2.21. The van der Waals surface area contributed by atoms with Gasteiger partial charge in [-0.1, -0.05) is 378 Å². The summed E-state index contributed by atoms with van der Waals surface area (Å²) < 4.78 is 61.5. The van der Waals surface area contributed by atoms with Gasteiger partial charge in [-0.3, -0.25) is 32.5 Å². The van der Waals surface area contributed by atoms with E-state index in [9.17, 15) is 43.5 Å². The van der Waals surface area contributed by atoms with Crippen LogP contribution < -0.4 is 0 Å². The molecule has 0 saturated heterocycles. The standard InChI is InChI=1S/C99H172O16P2/c1-4-7-10-13-16-19-22-25-28-31-34-37-39-41-43-44-45-46-47-48-50-52-53-56-58-61-64-67-70-73-76-79-82-85-97(102)109-88-94(100)89-111-116(105,106)112-90-95(101)91-113-117(107,108)114-93-96(115-99(104)87-84-81-78-75-72-69-66-63-60-55-36-33-30-27-24-21-18-15-12-9-6-3)92-110-98(103)86-83-80-77-74-71-68-65-62-59-57-54-51-49-42-40-38-35-32-29-26-23-20-17-14-11-8-5-2/h16-21,25-30,34-38,41-43,49,55,63,66,94-96,100-101H,4-15,22-24,31-33,39-40,44-48,50-54,56-62,64-65,67-93H2,1-3H3,(H,105,106)(H,107,108)/b19-16-,20-17-,21-18-,28-25-,29-26-,30-27-,37-34-,38-35-,43-41-,49-42-,55-36-,66-63-. The molecule has 0 fully saturated rings. The largest absolute Gasteiger partial charge is 0.472 e. The predicted octanol–water partition coefficient (Wildman–Crippen LogP) is 29.1. The van der Waals surface area contributed by atoms with E-state index in [-0.39, 0.29) is 19.3 Å². The SMILES string of the molecule is CCCCC/C=C\C/C=C\C/C=C\C/C=C\CCCCCCCCCCCCCCCCCCCC(=O)OCC(O)COP(=O)(O)OCC(O)COP(=O)(O)OCC(COC(=O)CCCCCCCCCCCCC/C=C\C/C=C\C/C=C\C/C=C\CCCCC)OC(=O)CCCCCCC/C=C\C/C=C\C/C=C\C/C=C\CCCCC. The van der Waals surface area contributed by atoms with Crippen LogP contribution >= 0.6 is 15.6 Å². The minimum atomic E-state index is -4.95. The number of allylic oxidation sites excluding steroid dienone is 24. The summed E-state index contributed by atoms with van der Waals surface area (Å²) in [6.07, 6.45) is 115. The Morgan fingerprint density at radius 2 is 0.427 bits per heavy atom. The summed E-state index contributed by atoms with van der Waals surface area (Å²) in [5, 5.41) is 20.7. The van der Waals surface area contributed by atoms with Crippen LogP contribution in [-0.2, 0) is 55.8 Å². The van der Waals surface area contributed by atoms with Crippen molar-refractivity contribution in [2.24, 2.45) is 0 Å². The van der Waals surface area contributed by atoms with E-state index in [0.717, 1.165) is 148 Å². The average molecular weight is 1680 g/mol. The third kappa shape index (κ3) is 92.0. The van der Waals surface area contributed by atoms with Crippen molar-refractivity contribution in [3.05, 3.63) is 146 Å². The van der Waals surface area contributed by atoms with E-state index >= 15 is 0 Å². The van der Waals surface area contributed by atoms with Crippen LogP contribution in [-0.4, -0.2) is 95.9 Å². The van der Waals surface area contributed by atoms with Crippen molar-refractivity contribution in [3.63, 3.8) is 0 Å². The molecular formula is C99H172O16P2. The molecular weight excluding hydrogens is 1510 g/mol. The molecule has 0 saturated carbocycles. The highest BCUT2D eigenvalue weighted by Gasteiger charge is 2.29. The lowest BCUT2D eigenvalue weighted by molar-refractivity contribution is -0.161. The lowest BCUT2D eigenvalue weighted by Crippen LogP contribution is -2.30. The second-order valence-electron chi connectivity index (χ2n) is 31.5. The molecule has 16 nitrogen and oxygen atoms in total. The smallest absolute Gasteiger partial charge is 0.463 e. The molecule has 4 N–H and O–H groups in total. The van der Waals surface area contributed by atoms with Crippen LogP contribution in [0.4, 0.5) is 0 Å². The zero-order valence-electron chi connectivity index (χ0n) is 74.3. The van der Waals surface area contributed by atoms with E-state index in [0.29, 0.717) is 19.3 Å².